The van der Waals surface area contributed by atoms with Gasteiger partial charge < -0.3 is 20.3 Å². The van der Waals surface area contributed by atoms with Gasteiger partial charge in [-0.05, 0) is 30.5 Å². The number of ether oxygens (including phenoxy) is 1. The second-order valence-electron chi connectivity index (χ2n) is 7.31. The van der Waals surface area contributed by atoms with Crippen LogP contribution in [0.15, 0.2) is 29.3 Å². The maximum Gasteiger partial charge on any atom is 0.234 e. The topological polar surface area (TPSA) is 69.2 Å². The van der Waals surface area contributed by atoms with Crippen molar-refractivity contribution in [2.24, 2.45) is 4.99 Å². The van der Waals surface area contributed by atoms with Gasteiger partial charge in [-0.25, -0.2) is 4.39 Å². The number of aliphatic imine (C=N–C) groups is 1. The fourth-order valence-electron chi connectivity index (χ4n) is 3.35. The van der Waals surface area contributed by atoms with Crippen LogP contribution in [-0.2, 0) is 9.53 Å². The van der Waals surface area contributed by atoms with E-state index in [1.807, 2.05) is 0 Å². The predicted octanol–water partition coefficient (Wildman–Crippen LogP) is 1.60. The molecular formula is C20H31FIN5O2. The van der Waals surface area contributed by atoms with Gasteiger partial charge in [0, 0.05) is 52.9 Å². The second-order valence-corrected chi connectivity index (χ2v) is 7.31. The van der Waals surface area contributed by atoms with E-state index in [9.17, 15) is 9.18 Å². The Bertz CT molecular complexity index is 676. The van der Waals surface area contributed by atoms with E-state index in [-0.39, 0.29) is 41.8 Å². The highest BCUT2D eigenvalue weighted by Gasteiger charge is 2.26. The Balaban J connectivity index is 0.00000300. The summed E-state index contributed by atoms with van der Waals surface area (Å²) in [4.78, 5) is 20.7. The summed E-state index contributed by atoms with van der Waals surface area (Å²) in [5.41, 5.74) is 0.915. The van der Waals surface area contributed by atoms with Crippen molar-refractivity contribution in [3.63, 3.8) is 0 Å². The first-order valence-corrected chi connectivity index (χ1v) is 9.84. The molecule has 2 N–H and O–H groups in total. The predicted molar refractivity (Wildman–Crippen MR) is 122 cm³/mol. The minimum atomic E-state index is -0.258. The zero-order valence-corrected chi connectivity index (χ0v) is 19.4. The Morgan fingerprint density at radius 2 is 1.90 bits per heavy atom. The van der Waals surface area contributed by atoms with Crippen LogP contribution in [0, 0.1) is 5.82 Å². The molecule has 7 nitrogen and oxygen atoms in total. The molecule has 1 aliphatic carbocycles. The lowest BCUT2D eigenvalue weighted by Gasteiger charge is -2.36. The summed E-state index contributed by atoms with van der Waals surface area (Å²) in [6.07, 6.45) is 2.04. The highest BCUT2D eigenvalue weighted by molar-refractivity contribution is 14.0. The first kappa shape index (κ1) is 23.8. The Morgan fingerprint density at radius 1 is 1.24 bits per heavy atom. The third kappa shape index (κ3) is 7.38. The quantitative estimate of drug-likeness (QED) is 0.326. The minimum absolute atomic E-state index is 0. The van der Waals surface area contributed by atoms with Crippen molar-refractivity contribution in [3.8, 4) is 0 Å². The summed E-state index contributed by atoms with van der Waals surface area (Å²) in [7, 11) is 3.40. The number of hydrogen-bond acceptors (Lipinski definition) is 4. The summed E-state index contributed by atoms with van der Waals surface area (Å²) < 4.78 is 18.7. The molecule has 0 bridgehead atoms. The Morgan fingerprint density at radius 3 is 2.45 bits per heavy atom. The molecule has 1 saturated carbocycles. The van der Waals surface area contributed by atoms with Gasteiger partial charge in [0.1, 0.15) is 5.82 Å². The maximum absolute atomic E-state index is 13.1. The van der Waals surface area contributed by atoms with Crippen molar-refractivity contribution in [2.75, 3.05) is 53.4 Å². The van der Waals surface area contributed by atoms with Crippen molar-refractivity contribution < 1.29 is 13.9 Å². The molecule has 1 unspecified atom stereocenters. The number of nitrogens with zero attached hydrogens (tertiary/aromatic N) is 3. The molecule has 0 spiro atoms. The van der Waals surface area contributed by atoms with Crippen LogP contribution in [0.4, 0.5) is 4.39 Å². The Labute approximate surface area is 189 Å². The Hall–Kier alpha value is -1.46. The number of piperazine rings is 1. The second kappa shape index (κ2) is 11.7. The molecule has 0 aromatic heterocycles. The molecule has 0 radical (unpaired) electrons. The van der Waals surface area contributed by atoms with E-state index in [1.54, 1.807) is 26.3 Å². The normalized spacial score (nSPS) is 18.7. The van der Waals surface area contributed by atoms with Crippen LogP contribution in [0.25, 0.3) is 0 Å². The number of nitrogens with one attached hydrogen (secondary N) is 2. The number of carbonyl (C=O) groups excluding carboxylic acids is 1. The molecule has 3 rings (SSSR count). The number of amides is 1. The van der Waals surface area contributed by atoms with Gasteiger partial charge in [-0.1, -0.05) is 12.1 Å². The van der Waals surface area contributed by atoms with Crippen LogP contribution >= 0.6 is 24.0 Å². The number of carbonyl (C=O) groups is 1. The van der Waals surface area contributed by atoms with Gasteiger partial charge in [-0.2, -0.15) is 0 Å². The average molecular weight is 519 g/mol. The largest absolute Gasteiger partial charge is 0.375 e. The molecule has 1 amide bonds. The molecule has 2 aliphatic rings. The number of rotatable bonds is 7. The van der Waals surface area contributed by atoms with Crippen LogP contribution in [0.1, 0.15) is 24.5 Å². The van der Waals surface area contributed by atoms with E-state index < -0.39 is 0 Å². The maximum atomic E-state index is 13.1. The molecule has 9 heteroatoms. The van der Waals surface area contributed by atoms with Crippen LogP contribution in [0.5, 0.6) is 0 Å². The molecule has 1 aliphatic heterocycles. The number of hydrogen-bond donors (Lipinski definition) is 2. The first-order valence-electron chi connectivity index (χ1n) is 9.84. The van der Waals surface area contributed by atoms with Crippen molar-refractivity contribution in [2.45, 2.75) is 25.0 Å². The summed E-state index contributed by atoms with van der Waals surface area (Å²) in [6, 6.07) is 6.76. The number of methoxy groups -OCH3 is 1. The molecule has 1 atom stereocenters. The summed E-state index contributed by atoms with van der Waals surface area (Å²) >= 11 is 0. The van der Waals surface area contributed by atoms with Crippen LogP contribution in [0.2, 0.25) is 0 Å². The minimum Gasteiger partial charge on any atom is -0.375 e. The van der Waals surface area contributed by atoms with Gasteiger partial charge in [0.05, 0.1) is 12.6 Å². The first-order chi connectivity index (χ1) is 13.6. The van der Waals surface area contributed by atoms with Crippen molar-refractivity contribution >= 4 is 35.8 Å². The molecule has 1 aromatic rings. The van der Waals surface area contributed by atoms with Crippen molar-refractivity contribution in [3.05, 3.63) is 35.6 Å². The Kier molecular flexibility index (Phi) is 9.57. The molecule has 1 aromatic carbocycles. The summed E-state index contributed by atoms with van der Waals surface area (Å²) in [5, 5.41) is 6.39. The zero-order chi connectivity index (χ0) is 19.9. The van der Waals surface area contributed by atoms with Crippen LogP contribution in [-0.4, -0.2) is 81.1 Å². The van der Waals surface area contributed by atoms with Gasteiger partial charge >= 0.3 is 0 Å². The fourth-order valence-corrected chi connectivity index (χ4v) is 3.35. The molecule has 2 fully saturated rings. The third-order valence-corrected chi connectivity index (χ3v) is 5.17. The number of benzene rings is 1. The molecule has 1 heterocycles. The van der Waals surface area contributed by atoms with Gasteiger partial charge in [0.2, 0.25) is 5.91 Å². The van der Waals surface area contributed by atoms with Gasteiger partial charge in [-0.3, -0.25) is 14.7 Å². The van der Waals surface area contributed by atoms with E-state index in [4.69, 9.17) is 4.74 Å². The molecule has 1 saturated heterocycles. The van der Waals surface area contributed by atoms with Crippen LogP contribution in [0.3, 0.4) is 0 Å². The smallest absolute Gasteiger partial charge is 0.234 e. The van der Waals surface area contributed by atoms with Crippen molar-refractivity contribution in [1.29, 1.82) is 0 Å². The van der Waals surface area contributed by atoms with Gasteiger partial charge in [-0.15, -0.1) is 24.0 Å². The lowest BCUT2D eigenvalue weighted by molar-refractivity contribution is -0.122. The van der Waals surface area contributed by atoms with E-state index in [1.165, 1.54) is 12.1 Å². The average Bonchev–Trinajstić information content (AvgIpc) is 3.51. The van der Waals surface area contributed by atoms with Crippen LogP contribution < -0.4 is 10.6 Å². The number of halogens is 2. The standard InChI is InChI=1S/C20H30FN5O2.HI/c1-22-20(23-13-18(28-2)15-3-5-16(21)6-4-15)26-11-9-25(10-12-26)14-19(27)24-17-7-8-17;/h3-6,17-18H,7-14H2,1-2H3,(H,22,23)(H,24,27);1H. The fraction of sp³-hybridized carbons (Fsp3) is 0.600. The van der Waals surface area contributed by atoms with E-state index in [0.717, 1.165) is 50.5 Å². The molecular weight excluding hydrogens is 488 g/mol. The summed E-state index contributed by atoms with van der Waals surface area (Å²) in [6.45, 7) is 4.27. The van der Waals surface area contributed by atoms with E-state index >= 15 is 0 Å². The lowest BCUT2D eigenvalue weighted by atomic mass is 10.1. The monoisotopic (exact) mass is 519 g/mol. The zero-order valence-electron chi connectivity index (χ0n) is 17.1. The van der Waals surface area contributed by atoms with E-state index in [2.05, 4.69) is 25.4 Å². The van der Waals surface area contributed by atoms with Crippen molar-refractivity contribution in [1.82, 2.24) is 20.4 Å². The molecule has 162 valence electrons. The highest BCUT2D eigenvalue weighted by atomic mass is 127. The SMILES string of the molecule is CN=C(NCC(OC)c1ccc(F)cc1)N1CCN(CC(=O)NC2CC2)CC1.I. The van der Waals surface area contributed by atoms with E-state index in [0.29, 0.717) is 19.1 Å². The summed E-state index contributed by atoms with van der Waals surface area (Å²) in [5.74, 6) is 0.679. The molecule has 29 heavy (non-hydrogen) atoms. The highest BCUT2D eigenvalue weighted by Crippen LogP contribution is 2.18. The van der Waals surface area contributed by atoms with Gasteiger partial charge in [0.25, 0.3) is 0 Å². The number of guanidine groups is 1. The third-order valence-electron chi connectivity index (χ3n) is 5.17. The lowest BCUT2D eigenvalue weighted by Crippen LogP contribution is -2.54. The van der Waals surface area contributed by atoms with Gasteiger partial charge in [0.15, 0.2) is 5.96 Å².